The Balaban J connectivity index is 2.08. The average molecular weight is 238 g/mol. The highest BCUT2D eigenvalue weighted by atomic mass is 16.3. The van der Waals surface area contributed by atoms with E-state index >= 15 is 0 Å². The topological polar surface area (TPSA) is 20.2 Å². The molecule has 0 fully saturated rings. The van der Waals surface area contributed by atoms with Gasteiger partial charge in [0.25, 0.3) is 0 Å². The van der Waals surface area contributed by atoms with E-state index in [1.54, 1.807) is 0 Å². The van der Waals surface area contributed by atoms with Gasteiger partial charge in [-0.2, -0.15) is 0 Å². The molecule has 2 aromatic carbocycles. The first-order valence-corrected chi connectivity index (χ1v) is 6.61. The van der Waals surface area contributed by atoms with Crippen molar-refractivity contribution in [3.8, 4) is 11.1 Å². The number of benzene rings is 2. The van der Waals surface area contributed by atoms with E-state index in [0.717, 1.165) is 12.8 Å². The SMILES string of the molecule is CC(CO)c1ccc2c(c1)CCc1ccccc1-2. The van der Waals surface area contributed by atoms with Crippen molar-refractivity contribution in [1.82, 2.24) is 0 Å². The van der Waals surface area contributed by atoms with Gasteiger partial charge in [-0.3, -0.25) is 0 Å². The molecule has 0 heterocycles. The van der Waals surface area contributed by atoms with Crippen molar-refractivity contribution in [2.75, 3.05) is 6.61 Å². The molecule has 0 radical (unpaired) electrons. The van der Waals surface area contributed by atoms with Gasteiger partial charge in [0.2, 0.25) is 0 Å². The molecule has 1 aliphatic carbocycles. The predicted molar refractivity (Wildman–Crippen MR) is 74.8 cm³/mol. The summed E-state index contributed by atoms with van der Waals surface area (Å²) in [5, 5.41) is 9.25. The summed E-state index contributed by atoms with van der Waals surface area (Å²) < 4.78 is 0. The maximum atomic E-state index is 9.25. The molecule has 1 heteroatoms. The van der Waals surface area contributed by atoms with Crippen LogP contribution in [0.1, 0.15) is 29.5 Å². The van der Waals surface area contributed by atoms with Crippen molar-refractivity contribution in [2.45, 2.75) is 25.7 Å². The molecule has 1 N–H and O–H groups in total. The van der Waals surface area contributed by atoms with E-state index in [2.05, 4.69) is 49.4 Å². The molecule has 0 aliphatic heterocycles. The molecule has 18 heavy (non-hydrogen) atoms. The molecule has 0 amide bonds. The van der Waals surface area contributed by atoms with Crippen LogP contribution in [0.2, 0.25) is 0 Å². The summed E-state index contributed by atoms with van der Waals surface area (Å²) >= 11 is 0. The number of hydrogen-bond acceptors (Lipinski definition) is 1. The largest absolute Gasteiger partial charge is 0.396 e. The smallest absolute Gasteiger partial charge is 0.0497 e. The molecule has 1 nitrogen and oxygen atoms in total. The maximum absolute atomic E-state index is 9.25. The van der Waals surface area contributed by atoms with Crippen LogP contribution in [0.25, 0.3) is 11.1 Å². The van der Waals surface area contributed by atoms with Gasteiger partial charge in [-0.15, -0.1) is 0 Å². The maximum Gasteiger partial charge on any atom is 0.0497 e. The highest BCUT2D eigenvalue weighted by Crippen LogP contribution is 2.34. The molecule has 1 aliphatic rings. The third-order valence-electron chi connectivity index (χ3n) is 3.94. The van der Waals surface area contributed by atoms with Gasteiger partial charge in [0.15, 0.2) is 0 Å². The zero-order chi connectivity index (χ0) is 12.5. The van der Waals surface area contributed by atoms with Crippen LogP contribution in [-0.4, -0.2) is 11.7 Å². The summed E-state index contributed by atoms with van der Waals surface area (Å²) in [6, 6.07) is 15.3. The van der Waals surface area contributed by atoms with Crippen molar-refractivity contribution in [3.05, 3.63) is 59.2 Å². The number of aryl methyl sites for hydroxylation is 2. The van der Waals surface area contributed by atoms with Crippen molar-refractivity contribution in [1.29, 1.82) is 0 Å². The zero-order valence-electron chi connectivity index (χ0n) is 10.7. The first-order chi connectivity index (χ1) is 8.79. The fourth-order valence-electron chi connectivity index (χ4n) is 2.77. The molecule has 92 valence electrons. The van der Waals surface area contributed by atoms with Crippen LogP contribution in [0, 0.1) is 0 Å². The number of rotatable bonds is 2. The minimum absolute atomic E-state index is 0.218. The number of fused-ring (bicyclic) bond motifs is 3. The summed E-state index contributed by atoms with van der Waals surface area (Å²) in [7, 11) is 0. The van der Waals surface area contributed by atoms with Crippen LogP contribution in [-0.2, 0) is 12.8 Å². The Kier molecular flexibility index (Phi) is 2.92. The highest BCUT2D eigenvalue weighted by Gasteiger charge is 2.16. The van der Waals surface area contributed by atoms with Gasteiger partial charge in [0.05, 0.1) is 0 Å². The van der Waals surface area contributed by atoms with Gasteiger partial charge in [-0.25, -0.2) is 0 Å². The Hall–Kier alpha value is -1.60. The standard InChI is InChI=1S/C17H18O/c1-12(11-18)14-8-9-17-15(10-14)7-6-13-4-2-3-5-16(13)17/h2-5,8-10,12,18H,6-7,11H2,1H3. The fourth-order valence-corrected chi connectivity index (χ4v) is 2.77. The third-order valence-corrected chi connectivity index (χ3v) is 3.94. The Labute approximate surface area is 108 Å². The van der Waals surface area contributed by atoms with E-state index in [0.29, 0.717) is 0 Å². The lowest BCUT2D eigenvalue weighted by Gasteiger charge is -2.21. The van der Waals surface area contributed by atoms with Gasteiger partial charge in [-0.1, -0.05) is 49.4 Å². The Morgan fingerprint density at radius 1 is 1.00 bits per heavy atom. The minimum atomic E-state index is 0.218. The highest BCUT2D eigenvalue weighted by molar-refractivity contribution is 5.73. The van der Waals surface area contributed by atoms with Crippen molar-refractivity contribution in [3.63, 3.8) is 0 Å². The van der Waals surface area contributed by atoms with Crippen molar-refractivity contribution < 1.29 is 5.11 Å². The van der Waals surface area contributed by atoms with Crippen LogP contribution in [0.15, 0.2) is 42.5 Å². The number of hydrogen-bond donors (Lipinski definition) is 1. The molecule has 0 spiro atoms. The second-order valence-corrected chi connectivity index (χ2v) is 5.16. The van der Waals surface area contributed by atoms with Crippen molar-refractivity contribution in [2.24, 2.45) is 0 Å². The summed E-state index contributed by atoms with van der Waals surface area (Å²) in [6.07, 6.45) is 2.23. The lowest BCUT2D eigenvalue weighted by molar-refractivity contribution is 0.273. The first-order valence-electron chi connectivity index (χ1n) is 6.61. The van der Waals surface area contributed by atoms with Gasteiger partial charge < -0.3 is 5.11 Å². The average Bonchev–Trinajstić information content (AvgIpc) is 2.45. The van der Waals surface area contributed by atoms with E-state index in [4.69, 9.17) is 0 Å². The van der Waals surface area contributed by atoms with Gasteiger partial charge >= 0.3 is 0 Å². The molecule has 2 aromatic rings. The molecular formula is C17H18O. The molecule has 1 unspecified atom stereocenters. The van der Waals surface area contributed by atoms with Crippen LogP contribution < -0.4 is 0 Å². The summed E-state index contributed by atoms with van der Waals surface area (Å²) in [5.41, 5.74) is 6.86. The number of aliphatic hydroxyl groups is 1. The van der Waals surface area contributed by atoms with Crippen LogP contribution in [0.5, 0.6) is 0 Å². The molecule has 0 saturated carbocycles. The monoisotopic (exact) mass is 238 g/mol. The molecular weight excluding hydrogens is 220 g/mol. The molecule has 1 atom stereocenters. The molecule has 0 aromatic heterocycles. The molecule has 0 saturated heterocycles. The quantitative estimate of drug-likeness (QED) is 0.848. The van der Waals surface area contributed by atoms with Gasteiger partial charge in [0.1, 0.15) is 0 Å². The van der Waals surface area contributed by atoms with E-state index in [9.17, 15) is 5.11 Å². The third kappa shape index (κ3) is 1.85. The Bertz CT molecular complexity index is 572. The summed E-state index contributed by atoms with van der Waals surface area (Å²) in [5.74, 6) is 0.229. The van der Waals surface area contributed by atoms with E-state index in [1.807, 2.05) is 0 Å². The normalized spacial score (nSPS) is 14.8. The minimum Gasteiger partial charge on any atom is -0.396 e. The lowest BCUT2D eigenvalue weighted by atomic mass is 9.84. The predicted octanol–water partition coefficient (Wildman–Crippen LogP) is 3.55. The van der Waals surface area contributed by atoms with Crippen LogP contribution in [0.3, 0.4) is 0 Å². The van der Waals surface area contributed by atoms with Crippen molar-refractivity contribution >= 4 is 0 Å². The second-order valence-electron chi connectivity index (χ2n) is 5.16. The molecule has 3 rings (SSSR count). The summed E-state index contributed by atoms with van der Waals surface area (Å²) in [4.78, 5) is 0. The second kappa shape index (κ2) is 4.58. The van der Waals surface area contributed by atoms with E-state index in [-0.39, 0.29) is 12.5 Å². The zero-order valence-corrected chi connectivity index (χ0v) is 10.7. The Morgan fingerprint density at radius 2 is 1.72 bits per heavy atom. The van der Waals surface area contributed by atoms with Gasteiger partial charge in [0, 0.05) is 12.5 Å². The first kappa shape index (κ1) is 11.5. The van der Waals surface area contributed by atoms with E-state index in [1.165, 1.54) is 27.8 Å². The van der Waals surface area contributed by atoms with Crippen LogP contribution >= 0.6 is 0 Å². The lowest BCUT2D eigenvalue weighted by Crippen LogP contribution is -2.06. The van der Waals surface area contributed by atoms with E-state index < -0.39 is 0 Å². The fraction of sp³-hybridized carbons (Fsp3) is 0.294. The Morgan fingerprint density at radius 3 is 2.56 bits per heavy atom. The number of aliphatic hydroxyl groups excluding tert-OH is 1. The molecule has 0 bridgehead atoms. The van der Waals surface area contributed by atoms with Crippen LogP contribution in [0.4, 0.5) is 0 Å². The van der Waals surface area contributed by atoms with Gasteiger partial charge in [-0.05, 0) is 40.7 Å². The summed E-state index contributed by atoms with van der Waals surface area (Å²) in [6.45, 7) is 2.29.